The van der Waals surface area contributed by atoms with Crippen LogP contribution in [0.15, 0.2) is 62.7 Å². The zero-order valence-electron chi connectivity index (χ0n) is 42.8. The number of ether oxygens (including phenoxy) is 4. The Hall–Kier alpha value is -6.06. The van der Waals surface area contributed by atoms with E-state index in [2.05, 4.69) is 39.4 Å². The van der Waals surface area contributed by atoms with Crippen molar-refractivity contribution >= 4 is 71.2 Å². The van der Waals surface area contributed by atoms with Crippen LogP contribution in [0.3, 0.4) is 0 Å². The Balaban J connectivity index is 0.868. The molecule has 3 unspecified atom stereocenters. The summed E-state index contributed by atoms with van der Waals surface area (Å²) in [6.07, 6.45) is -26.6. The van der Waals surface area contributed by atoms with Gasteiger partial charge in [-0.2, -0.15) is 9.97 Å². The van der Waals surface area contributed by atoms with E-state index >= 15 is 0 Å². The molecule has 0 aliphatic carbocycles. The summed E-state index contributed by atoms with van der Waals surface area (Å²) in [5.74, 6) is -0.809. The lowest BCUT2D eigenvalue weighted by Gasteiger charge is -2.26. The third-order valence-electron chi connectivity index (χ3n) is 13.3. The molecule has 0 bridgehead atoms. The van der Waals surface area contributed by atoms with Gasteiger partial charge in [-0.05, 0) is 6.07 Å². The van der Waals surface area contributed by atoms with E-state index in [1.807, 2.05) is 4.98 Å². The molecule has 470 valence electrons. The minimum absolute atomic E-state index is 0.0331. The van der Waals surface area contributed by atoms with Crippen LogP contribution in [-0.4, -0.2) is 208 Å². The molecule has 0 spiro atoms. The highest BCUT2D eigenvalue weighted by Gasteiger charge is 2.55. The van der Waals surface area contributed by atoms with Gasteiger partial charge in [-0.3, -0.25) is 69.5 Å². The first-order valence-corrected chi connectivity index (χ1v) is 30.4. The third-order valence-corrected chi connectivity index (χ3v) is 16.7. The Morgan fingerprint density at radius 2 is 0.988 bits per heavy atom. The van der Waals surface area contributed by atoms with Crippen LogP contribution in [0.2, 0.25) is 0 Å². The zero-order valence-corrected chi connectivity index (χ0v) is 46.4. The van der Waals surface area contributed by atoms with Crippen molar-refractivity contribution in [3.63, 3.8) is 0 Å². The van der Waals surface area contributed by atoms with Crippen LogP contribution >= 0.6 is 31.3 Å². The van der Waals surface area contributed by atoms with E-state index in [1.165, 1.54) is 10.9 Å². The number of rotatable bonds is 22. The van der Waals surface area contributed by atoms with Crippen molar-refractivity contribution in [2.45, 2.75) is 98.2 Å². The number of nitrogen functional groups attached to an aromatic ring is 3. The molecule has 44 nitrogen and oxygen atoms in total. The standard InChI is InChI=1S/C38H49N15O29P4/c39-16-1-3-50(37(61)46-16)33-23(58)26(14(78-33)7-74-85(68,69)80-25-13(6-72-83(63,64)65)77-34(22(25)57)51-4-2-17(54)47-38(51)62)81-86(70,71)75-8-15-27(24(59)35(79-15)53-11-45-19-30(53)48-36(41)49-31(19)60)82-84(66,67)73-5-12-20(55)21(56)32(76-12)52-10-44-18-28(40)42-9-43-29(18)52/h1-4,9-15,20-27,32-35,55-59H,5-8H2,(H,66,67)(H,68,69)(H,70,71)(H2,39,46,61)(H2,40,42,43)(H,47,54,62)(H2,63,64,65)(H3,41,48,49,60)/t12-,13-,14-,15-,20-,21-,22-,23-,24-,25-,26-,27-,32-,33-,34-,35-/m1/s1. The number of phosphoric ester groups is 4. The summed E-state index contributed by atoms with van der Waals surface area (Å²) in [6.45, 7) is -4.84. The number of aromatic amines is 2. The molecule has 6 aromatic rings. The van der Waals surface area contributed by atoms with E-state index in [0.29, 0.717) is 9.13 Å². The Bertz CT molecular complexity index is 3960. The van der Waals surface area contributed by atoms with E-state index in [0.717, 1.165) is 41.7 Å². The number of H-pyrrole nitrogens is 2. The maximum absolute atomic E-state index is 14.0. The van der Waals surface area contributed by atoms with Crippen molar-refractivity contribution in [3.8, 4) is 0 Å². The van der Waals surface area contributed by atoms with Crippen LogP contribution in [0.5, 0.6) is 0 Å². The molecule has 19 atom stereocenters. The summed E-state index contributed by atoms with van der Waals surface area (Å²) < 4.78 is 115. The smallest absolute Gasteiger partial charge is 0.387 e. The van der Waals surface area contributed by atoms with Crippen molar-refractivity contribution in [1.82, 2.24) is 58.1 Å². The second-order valence-corrected chi connectivity index (χ2v) is 24.4. The Kier molecular flexibility index (Phi) is 17.7. The van der Waals surface area contributed by atoms with Crippen LogP contribution < -0.4 is 39.7 Å². The van der Waals surface area contributed by atoms with Gasteiger partial charge in [-0.1, -0.05) is 0 Å². The van der Waals surface area contributed by atoms with Crippen LogP contribution in [-0.2, 0) is 68.9 Å². The number of fused-ring (bicyclic) bond motifs is 2. The van der Waals surface area contributed by atoms with Gasteiger partial charge in [0.2, 0.25) is 5.95 Å². The molecule has 0 amide bonds. The molecule has 4 aliphatic rings. The first-order chi connectivity index (χ1) is 40.4. The van der Waals surface area contributed by atoms with Crippen LogP contribution in [0.1, 0.15) is 24.9 Å². The fraction of sp³-hybridized carbons (Fsp3) is 0.526. The summed E-state index contributed by atoms with van der Waals surface area (Å²) in [7, 11) is -22.4. The molecule has 4 saturated heterocycles. The molecule has 4 aliphatic heterocycles. The van der Waals surface area contributed by atoms with E-state index in [9.17, 15) is 87.4 Å². The molecule has 0 saturated carbocycles. The number of phosphoric acid groups is 4. The number of anilines is 3. The molecular weight excluding hydrogens is 1250 g/mol. The van der Waals surface area contributed by atoms with Gasteiger partial charge >= 0.3 is 42.7 Å². The lowest BCUT2D eigenvalue weighted by atomic mass is 10.1. The Morgan fingerprint density at radius 1 is 0.523 bits per heavy atom. The minimum atomic E-state index is -5.81. The molecule has 0 aromatic carbocycles. The SMILES string of the molecule is Nc1ccn([C@@H]2O[C@H](COP(=O)(O)O[C@H]3[C@@H](O)[C@H](n4ccc(=O)[nH]c4=O)O[C@@H]3COP(=O)(O)O)[C@@H](OP(=O)(O)OC[C@H]3O[C@@H](n4cnc5c(=O)[nH]c(N)nc54)[C@H](O)[C@@H]3OP(=O)(O)OC[C@H]3O[C@@H](n4cnc5c(N)ncnc54)[C@H](O)[C@@H]3O)[C@H]2O)c(=O)n1. The van der Waals surface area contributed by atoms with Crippen molar-refractivity contribution in [1.29, 1.82) is 0 Å². The summed E-state index contributed by atoms with van der Waals surface area (Å²) in [4.78, 5) is 129. The maximum atomic E-state index is 14.0. The summed E-state index contributed by atoms with van der Waals surface area (Å²) in [5, 5.41) is 56.3. The molecule has 18 N–H and O–H groups in total. The molecule has 10 rings (SSSR count). The summed E-state index contributed by atoms with van der Waals surface area (Å²) in [5.41, 5.74) is 12.5. The van der Waals surface area contributed by atoms with Gasteiger partial charge in [0, 0.05) is 18.5 Å². The van der Waals surface area contributed by atoms with E-state index in [4.69, 9.17) is 63.3 Å². The fourth-order valence-corrected chi connectivity index (χ4v) is 12.6. The highest BCUT2D eigenvalue weighted by atomic mass is 31.2. The summed E-state index contributed by atoms with van der Waals surface area (Å²) in [6, 6.07) is 1.87. The van der Waals surface area contributed by atoms with E-state index in [-0.39, 0.29) is 34.0 Å². The molecular formula is C38H49N15O29P4. The zero-order chi connectivity index (χ0) is 62.1. The first kappa shape index (κ1) is 63.0. The van der Waals surface area contributed by atoms with Crippen molar-refractivity contribution in [2.24, 2.45) is 0 Å². The topological polar surface area (TPSA) is 647 Å². The van der Waals surface area contributed by atoms with Gasteiger partial charge < -0.3 is 86.1 Å². The summed E-state index contributed by atoms with van der Waals surface area (Å²) >= 11 is 0. The molecule has 48 heteroatoms. The van der Waals surface area contributed by atoms with Crippen molar-refractivity contribution in [3.05, 3.63) is 85.2 Å². The predicted molar refractivity (Wildman–Crippen MR) is 272 cm³/mol. The number of nitrogens with zero attached hydrogens (tertiary/aromatic N) is 10. The average Bonchev–Trinajstić information content (AvgIpc) is 4.32. The number of hydrogen-bond acceptors (Lipinski definition) is 33. The highest BCUT2D eigenvalue weighted by Crippen LogP contribution is 2.54. The average molecular weight is 1300 g/mol. The van der Waals surface area contributed by atoms with Crippen LogP contribution in [0.4, 0.5) is 17.6 Å². The van der Waals surface area contributed by atoms with E-state index in [1.54, 1.807) is 0 Å². The number of nitrogens with two attached hydrogens (primary N) is 3. The highest BCUT2D eigenvalue weighted by molar-refractivity contribution is 7.48. The number of aliphatic hydroxyl groups excluding tert-OH is 5. The van der Waals surface area contributed by atoms with Gasteiger partial charge in [-0.25, -0.2) is 47.8 Å². The van der Waals surface area contributed by atoms with Crippen molar-refractivity contribution in [2.75, 3.05) is 43.6 Å². The molecule has 0 radical (unpaired) electrons. The lowest BCUT2D eigenvalue weighted by Crippen LogP contribution is -2.39. The molecule has 4 fully saturated rings. The van der Waals surface area contributed by atoms with Crippen LogP contribution in [0.25, 0.3) is 22.3 Å². The number of aliphatic hydroxyl groups is 5. The van der Waals surface area contributed by atoms with Crippen molar-refractivity contribution < 1.29 is 119 Å². The minimum Gasteiger partial charge on any atom is -0.387 e. The normalized spacial score (nSPS) is 31.8. The third kappa shape index (κ3) is 13.2. The molecule has 86 heavy (non-hydrogen) atoms. The van der Waals surface area contributed by atoms with Gasteiger partial charge in [-0.15, -0.1) is 0 Å². The van der Waals surface area contributed by atoms with E-state index < -0.39 is 184 Å². The Morgan fingerprint density at radius 3 is 1.52 bits per heavy atom. The monoisotopic (exact) mass is 1300 g/mol. The Labute approximate surface area is 474 Å². The largest absolute Gasteiger partial charge is 0.472 e. The van der Waals surface area contributed by atoms with Crippen LogP contribution in [0, 0.1) is 0 Å². The van der Waals surface area contributed by atoms with Gasteiger partial charge in [0.1, 0.15) is 90.9 Å². The molecule has 6 aromatic heterocycles. The number of nitrogens with one attached hydrogen (secondary N) is 2. The van der Waals surface area contributed by atoms with Gasteiger partial charge in [0.25, 0.3) is 11.1 Å². The lowest BCUT2D eigenvalue weighted by molar-refractivity contribution is -0.0642. The second-order valence-electron chi connectivity index (χ2n) is 18.9. The maximum Gasteiger partial charge on any atom is 0.472 e. The fourth-order valence-electron chi connectivity index (χ4n) is 9.40. The first-order valence-electron chi connectivity index (χ1n) is 24.4. The second kappa shape index (κ2) is 24.1. The number of aromatic nitrogens is 12. The predicted octanol–water partition coefficient (Wildman–Crippen LogP) is -6.48. The molecule has 10 heterocycles. The van der Waals surface area contributed by atoms with Gasteiger partial charge in [0.15, 0.2) is 47.5 Å². The number of hydrogen-bond donors (Lipinski definition) is 15. The quantitative estimate of drug-likeness (QED) is 0.0281. The number of imidazole rings is 2. The van der Waals surface area contributed by atoms with Gasteiger partial charge in [0.05, 0.1) is 39.1 Å².